The smallest absolute Gasteiger partial charge is 0.335 e. The first kappa shape index (κ1) is 62.1. The highest BCUT2D eigenvalue weighted by Gasteiger charge is 2.50. The number of aliphatic hydroxyl groups is 2. The molecule has 1 rings (SSSR count). The van der Waals surface area contributed by atoms with Gasteiger partial charge in [0.2, 0.25) is 0 Å². The van der Waals surface area contributed by atoms with Crippen LogP contribution in [0.4, 0.5) is 0 Å². The average molecular weight is 963 g/mol. The van der Waals surface area contributed by atoms with Crippen LogP contribution < -0.4 is 0 Å². The number of ether oxygens (including phenoxy) is 5. The fraction of sp³-hybridized carbons (Fsp3) is 0.579. The second kappa shape index (κ2) is 44.3. The van der Waals surface area contributed by atoms with Crippen molar-refractivity contribution in [1.82, 2.24) is 0 Å². The van der Waals surface area contributed by atoms with E-state index < -0.39 is 67.3 Å². The van der Waals surface area contributed by atoms with Crippen LogP contribution in [0, 0.1) is 0 Å². The molecule has 0 bridgehead atoms. The summed E-state index contributed by atoms with van der Waals surface area (Å²) < 4.78 is 28.0. The Morgan fingerprint density at radius 1 is 0.507 bits per heavy atom. The van der Waals surface area contributed by atoms with Gasteiger partial charge in [0, 0.05) is 12.8 Å². The molecule has 1 saturated heterocycles. The topological polar surface area (TPSA) is 175 Å². The van der Waals surface area contributed by atoms with E-state index in [9.17, 15) is 34.5 Å². The molecule has 0 radical (unpaired) electrons. The van der Waals surface area contributed by atoms with Gasteiger partial charge in [-0.1, -0.05) is 174 Å². The Kier molecular flexibility index (Phi) is 39.9. The van der Waals surface area contributed by atoms with E-state index in [1.807, 2.05) is 36.5 Å². The van der Waals surface area contributed by atoms with Crippen LogP contribution in [0.3, 0.4) is 0 Å². The Labute approximate surface area is 414 Å². The van der Waals surface area contributed by atoms with Crippen LogP contribution >= 0.6 is 0 Å². The van der Waals surface area contributed by atoms with Gasteiger partial charge in [-0.3, -0.25) is 14.4 Å². The Balaban J connectivity index is 2.85. The number of hydrogen-bond acceptors (Lipinski definition) is 11. The third kappa shape index (κ3) is 35.0. The van der Waals surface area contributed by atoms with E-state index in [4.69, 9.17) is 23.7 Å². The molecule has 12 heteroatoms. The lowest BCUT2D eigenvalue weighted by molar-refractivity contribution is -0.301. The summed E-state index contributed by atoms with van der Waals surface area (Å²) in [6.45, 7) is 5.53. The molecule has 1 aliphatic heterocycles. The predicted molar refractivity (Wildman–Crippen MR) is 275 cm³/mol. The minimum Gasteiger partial charge on any atom is -0.479 e. The van der Waals surface area contributed by atoms with Crippen molar-refractivity contribution in [2.75, 3.05) is 13.2 Å². The average Bonchev–Trinajstić information content (AvgIpc) is 3.33. The van der Waals surface area contributed by atoms with Crippen molar-refractivity contribution in [3.63, 3.8) is 0 Å². The lowest BCUT2D eigenvalue weighted by atomic mass is 9.98. The first-order valence-electron chi connectivity index (χ1n) is 25.5. The molecule has 1 fully saturated rings. The molecule has 0 amide bonds. The lowest BCUT2D eigenvalue weighted by Crippen LogP contribution is -2.61. The molecule has 12 nitrogen and oxygen atoms in total. The third-order valence-electron chi connectivity index (χ3n) is 10.6. The number of allylic oxidation sites excluding steroid dienone is 19. The van der Waals surface area contributed by atoms with Crippen molar-refractivity contribution in [3.05, 3.63) is 122 Å². The van der Waals surface area contributed by atoms with Crippen molar-refractivity contribution < 1.29 is 58.2 Å². The number of aliphatic carboxylic acids is 1. The summed E-state index contributed by atoms with van der Waals surface area (Å²) >= 11 is 0. The minimum atomic E-state index is -1.94. The number of carboxylic acid groups (broad SMARTS) is 1. The predicted octanol–water partition coefficient (Wildman–Crippen LogP) is 12.1. The van der Waals surface area contributed by atoms with Crippen molar-refractivity contribution in [2.24, 2.45) is 0 Å². The summed E-state index contributed by atoms with van der Waals surface area (Å²) in [5, 5.41) is 31.3. The zero-order chi connectivity index (χ0) is 50.4. The second-order valence-corrected chi connectivity index (χ2v) is 16.7. The van der Waals surface area contributed by atoms with Gasteiger partial charge in [0.05, 0.1) is 13.0 Å². The summed E-state index contributed by atoms with van der Waals surface area (Å²) in [5.74, 6) is -3.43. The monoisotopic (exact) mass is 963 g/mol. The van der Waals surface area contributed by atoms with Crippen LogP contribution in [0.1, 0.15) is 162 Å². The molecular formula is C57H86O12. The molecular weight excluding hydrogens is 877 g/mol. The normalized spacial score (nSPS) is 19.7. The quantitative estimate of drug-likeness (QED) is 0.0230. The van der Waals surface area contributed by atoms with Gasteiger partial charge in [0.1, 0.15) is 18.8 Å². The van der Waals surface area contributed by atoms with Gasteiger partial charge in [0.25, 0.3) is 0 Å². The molecule has 0 aliphatic carbocycles. The van der Waals surface area contributed by atoms with Crippen molar-refractivity contribution in [3.8, 4) is 0 Å². The Bertz CT molecular complexity index is 1660. The summed E-state index contributed by atoms with van der Waals surface area (Å²) in [7, 11) is 0. The van der Waals surface area contributed by atoms with E-state index in [0.717, 1.165) is 83.5 Å². The minimum absolute atomic E-state index is 0.0291. The highest BCUT2D eigenvalue weighted by molar-refractivity contribution is 5.74. The molecule has 1 aliphatic rings. The maximum absolute atomic E-state index is 13.0. The Hall–Kier alpha value is -4.88. The molecule has 1 heterocycles. The van der Waals surface area contributed by atoms with Gasteiger partial charge in [-0.15, -0.1) is 0 Å². The number of carbonyl (C=O) groups is 4. The second-order valence-electron chi connectivity index (χ2n) is 16.7. The van der Waals surface area contributed by atoms with Gasteiger partial charge in [-0.2, -0.15) is 0 Å². The van der Waals surface area contributed by atoms with E-state index in [0.29, 0.717) is 25.7 Å². The van der Waals surface area contributed by atoms with E-state index >= 15 is 0 Å². The van der Waals surface area contributed by atoms with Crippen molar-refractivity contribution in [2.45, 2.75) is 199 Å². The maximum atomic E-state index is 13.0. The molecule has 6 unspecified atom stereocenters. The van der Waals surface area contributed by atoms with Crippen molar-refractivity contribution >= 4 is 23.9 Å². The molecule has 0 spiro atoms. The summed E-state index contributed by atoms with van der Waals surface area (Å²) in [6, 6.07) is 0. The van der Waals surface area contributed by atoms with E-state index in [-0.39, 0.29) is 25.9 Å². The highest BCUT2D eigenvalue weighted by Crippen LogP contribution is 2.26. The van der Waals surface area contributed by atoms with E-state index in [1.165, 1.54) is 12.8 Å². The molecule has 6 atom stereocenters. The van der Waals surface area contributed by atoms with Crippen molar-refractivity contribution in [1.29, 1.82) is 0 Å². The van der Waals surface area contributed by atoms with E-state index in [1.54, 1.807) is 6.08 Å². The standard InChI is InChI=1S/C57H86O12/c1-4-7-10-13-16-19-22-24-25-27-29-31-34-37-40-43-49(58)65-46-48(67-50(59)44-41-38-35-32-28-21-18-15-12-9-6-3)47-66-57-55(53(62)52(61)54(69-57)56(63)64)68-51(60)45-42-39-36-33-30-26-23-20-17-14-11-8-5-2/h7-8,10-11,15-20,24-26,29-31,36-37,39-40,48,52-55,57,61-62H,4-6,9,12-14,21-23,27-28,32-35,38,41-47H2,1-3H3,(H,63,64)/b10-7-,11-8-,18-15-,19-16-,20-17-,25-24-,30-26-,31-29-,39-36-,40-37-. The SMILES string of the molecule is CC/C=C\C/C=C\C/C=C\C/C=C\C/C=C\CC(=O)OCC(COC1OC(C(=O)O)C(O)C(O)C1OC(=O)CC/C=C\C/C=C\C/C=C\C/C=C\CC)OC(=O)CCCCCCC/C=C\CCCC. The fourth-order valence-corrected chi connectivity index (χ4v) is 6.67. The van der Waals surface area contributed by atoms with Gasteiger partial charge in [-0.05, 0) is 89.9 Å². The number of carboxylic acids is 1. The van der Waals surface area contributed by atoms with Crippen LogP contribution in [-0.4, -0.2) is 89.2 Å². The number of unbranched alkanes of at least 4 members (excludes halogenated alkanes) is 7. The number of hydrogen-bond donors (Lipinski definition) is 3. The number of esters is 3. The maximum Gasteiger partial charge on any atom is 0.335 e. The number of carbonyl (C=O) groups excluding carboxylic acids is 3. The highest BCUT2D eigenvalue weighted by atomic mass is 16.7. The lowest BCUT2D eigenvalue weighted by Gasteiger charge is -2.40. The zero-order valence-electron chi connectivity index (χ0n) is 42.0. The number of rotatable bonds is 40. The molecule has 0 saturated carbocycles. The Morgan fingerprint density at radius 2 is 0.986 bits per heavy atom. The van der Waals surface area contributed by atoms with Gasteiger partial charge in [0.15, 0.2) is 24.6 Å². The van der Waals surface area contributed by atoms with Crippen LogP contribution in [-0.2, 0) is 42.9 Å². The third-order valence-corrected chi connectivity index (χ3v) is 10.6. The zero-order valence-corrected chi connectivity index (χ0v) is 42.0. The fourth-order valence-electron chi connectivity index (χ4n) is 6.67. The van der Waals surface area contributed by atoms with Gasteiger partial charge >= 0.3 is 23.9 Å². The number of aliphatic hydroxyl groups excluding tert-OH is 2. The summed E-state index contributed by atoms with van der Waals surface area (Å²) in [5.41, 5.74) is 0. The van der Waals surface area contributed by atoms with Crippen LogP contribution in [0.15, 0.2) is 122 Å². The molecule has 69 heavy (non-hydrogen) atoms. The molecule has 0 aromatic carbocycles. The van der Waals surface area contributed by atoms with Crippen LogP contribution in [0.2, 0.25) is 0 Å². The largest absolute Gasteiger partial charge is 0.479 e. The van der Waals surface area contributed by atoms with E-state index in [2.05, 4.69) is 99.8 Å². The van der Waals surface area contributed by atoms with Gasteiger partial charge in [-0.25, -0.2) is 4.79 Å². The molecule has 3 N–H and O–H groups in total. The Morgan fingerprint density at radius 3 is 1.52 bits per heavy atom. The summed E-state index contributed by atoms with van der Waals surface area (Å²) in [4.78, 5) is 50.7. The first-order valence-corrected chi connectivity index (χ1v) is 25.5. The summed E-state index contributed by atoms with van der Waals surface area (Å²) in [6.07, 6.45) is 48.1. The van der Waals surface area contributed by atoms with Crippen LogP contribution in [0.5, 0.6) is 0 Å². The molecule has 0 aromatic heterocycles. The first-order chi connectivity index (χ1) is 33.6. The molecule has 0 aromatic rings. The van der Waals surface area contributed by atoms with Crippen LogP contribution in [0.25, 0.3) is 0 Å². The van der Waals surface area contributed by atoms with Gasteiger partial charge < -0.3 is 39.0 Å². The molecule has 386 valence electrons.